The molecule has 0 fully saturated rings. The van der Waals surface area contributed by atoms with Crippen molar-refractivity contribution in [3.05, 3.63) is 57.6 Å². The maximum Gasteiger partial charge on any atom is 0.269 e. The second-order valence-corrected chi connectivity index (χ2v) is 9.18. The van der Waals surface area contributed by atoms with Crippen LogP contribution >= 0.6 is 0 Å². The third-order valence-corrected chi connectivity index (χ3v) is 6.09. The minimum Gasteiger partial charge on any atom is -0.399 e. The number of nitrogens with one attached hydrogen (secondary N) is 2. The molecule has 2 aliphatic heterocycles. The highest BCUT2D eigenvalue weighted by molar-refractivity contribution is 7.92. The molecular weight excluding hydrogens is 384 g/mol. The van der Waals surface area contributed by atoms with E-state index >= 15 is 0 Å². The summed E-state index contributed by atoms with van der Waals surface area (Å²) in [6, 6.07) is 8.96. The van der Waals surface area contributed by atoms with Gasteiger partial charge in [0.15, 0.2) is 0 Å². The Morgan fingerprint density at radius 1 is 0.885 bits per heavy atom. The lowest BCUT2D eigenvalue weighted by Gasteiger charge is -1.97. The minimum atomic E-state index is -3.32. The van der Waals surface area contributed by atoms with Gasteiger partial charge in [-0.2, -0.15) is 0 Å². The van der Waals surface area contributed by atoms with Crippen molar-refractivity contribution in [1.29, 1.82) is 0 Å². The predicted octanol–water partition coefficient (Wildman–Crippen LogP) is 1.37. The number of nitrogens with two attached hydrogens (primary N) is 1. The van der Waals surface area contributed by atoms with Gasteiger partial charge in [0.1, 0.15) is 0 Å². The summed E-state index contributed by atoms with van der Waals surface area (Å²) in [5.74, 6) is -0.155. The van der Waals surface area contributed by atoms with Crippen LogP contribution in [0.4, 0.5) is 22.7 Å². The van der Waals surface area contributed by atoms with Crippen molar-refractivity contribution in [1.82, 2.24) is 0 Å². The molecule has 0 saturated heterocycles. The molecule has 0 unspecified atom stereocenters. The van der Waals surface area contributed by atoms with Crippen LogP contribution in [0.5, 0.6) is 0 Å². The lowest BCUT2D eigenvalue weighted by atomic mass is 10.2. The van der Waals surface area contributed by atoms with Crippen LogP contribution < -0.4 is 15.2 Å². The second-order valence-electron chi connectivity index (χ2n) is 5.74. The van der Waals surface area contributed by atoms with Crippen molar-refractivity contribution in [3.8, 4) is 0 Å². The van der Waals surface area contributed by atoms with Crippen molar-refractivity contribution in [2.45, 2.75) is 11.5 Å². The number of benzene rings is 2. The molecule has 0 aliphatic carbocycles. The van der Waals surface area contributed by atoms with E-state index < -0.39 is 25.0 Å². The summed E-state index contributed by atoms with van der Waals surface area (Å²) in [5.41, 5.74) is 8.25. The number of hydrogen-bond acceptors (Lipinski definition) is 7. The van der Waals surface area contributed by atoms with Crippen LogP contribution in [0.1, 0.15) is 11.1 Å². The van der Waals surface area contributed by atoms with Gasteiger partial charge in [-0.25, -0.2) is 16.8 Å². The normalized spacial score (nSPS) is 17.7. The van der Waals surface area contributed by atoms with Gasteiger partial charge in [-0.1, -0.05) is 0 Å². The van der Waals surface area contributed by atoms with E-state index in [2.05, 4.69) is 9.44 Å². The van der Waals surface area contributed by atoms with Crippen LogP contribution in [0, 0.1) is 10.1 Å². The monoisotopic (exact) mass is 398 g/mol. The maximum atomic E-state index is 11.1. The molecule has 2 heterocycles. The van der Waals surface area contributed by atoms with E-state index in [1.54, 1.807) is 18.2 Å². The number of fused-ring (bicyclic) bond motifs is 2. The summed E-state index contributed by atoms with van der Waals surface area (Å²) < 4.78 is 49.0. The molecule has 0 amide bonds. The molecule has 26 heavy (non-hydrogen) atoms. The molecule has 12 heteroatoms. The van der Waals surface area contributed by atoms with Crippen molar-refractivity contribution in [2.24, 2.45) is 0 Å². The van der Waals surface area contributed by atoms with Crippen LogP contribution in [-0.2, 0) is 31.6 Å². The Labute approximate surface area is 149 Å². The summed E-state index contributed by atoms with van der Waals surface area (Å²) in [7, 11) is -6.45. The number of nitro groups is 1. The van der Waals surface area contributed by atoms with Gasteiger partial charge in [0.25, 0.3) is 5.69 Å². The molecule has 0 aromatic heterocycles. The van der Waals surface area contributed by atoms with Crippen LogP contribution in [0.2, 0.25) is 0 Å². The smallest absolute Gasteiger partial charge is 0.269 e. The summed E-state index contributed by atoms with van der Waals surface area (Å²) in [6.45, 7) is 0. The number of sulfonamides is 2. The summed E-state index contributed by atoms with van der Waals surface area (Å²) >= 11 is 0. The third-order valence-electron chi connectivity index (χ3n) is 3.65. The molecular formula is C14H14N4O6S2. The molecule has 0 bridgehead atoms. The zero-order valence-electron chi connectivity index (χ0n) is 13.2. The number of non-ortho nitro benzene ring substituents is 1. The number of nitro benzene ring substituents is 1. The number of anilines is 3. The van der Waals surface area contributed by atoms with Crippen molar-refractivity contribution >= 4 is 42.8 Å². The molecule has 0 radical (unpaired) electrons. The van der Waals surface area contributed by atoms with E-state index in [1.165, 1.54) is 18.2 Å². The zero-order valence-corrected chi connectivity index (χ0v) is 14.8. The Morgan fingerprint density at radius 3 is 1.92 bits per heavy atom. The molecule has 138 valence electrons. The Kier molecular flexibility index (Phi) is 4.24. The number of nitrogens with zero attached hydrogens (tertiary/aromatic N) is 1. The standard InChI is InChI=1S/C7H6N2O4S.C7H8N2O2S/c10-9(11)6-1-2-7-5(3-6)4-14(12,13)8-7;8-6-1-2-7-5(3-6)4-12(10,11)9-7/h1-3,8H,4H2;1-3,9H,4,8H2. The molecule has 0 atom stereocenters. The Balaban J connectivity index is 0.000000152. The first kappa shape index (κ1) is 17.9. The first-order valence-corrected chi connectivity index (χ1v) is 10.5. The van der Waals surface area contributed by atoms with Crippen LogP contribution in [-0.4, -0.2) is 21.8 Å². The minimum absolute atomic E-state index is 0.0351. The molecule has 2 aromatic rings. The van der Waals surface area contributed by atoms with E-state index in [4.69, 9.17) is 5.73 Å². The number of nitrogen functional groups attached to an aromatic ring is 1. The summed E-state index contributed by atoms with van der Waals surface area (Å²) in [5, 5.41) is 10.4. The van der Waals surface area contributed by atoms with E-state index in [0.717, 1.165) is 5.56 Å². The molecule has 2 aliphatic rings. The Morgan fingerprint density at radius 2 is 1.38 bits per heavy atom. The van der Waals surface area contributed by atoms with Gasteiger partial charge in [0, 0.05) is 17.8 Å². The lowest BCUT2D eigenvalue weighted by Crippen LogP contribution is -2.05. The van der Waals surface area contributed by atoms with E-state index in [1.807, 2.05) is 0 Å². The fourth-order valence-corrected chi connectivity index (χ4v) is 5.07. The predicted molar refractivity (Wildman–Crippen MR) is 96.4 cm³/mol. The Hall–Kier alpha value is -2.86. The van der Waals surface area contributed by atoms with Gasteiger partial charge >= 0.3 is 0 Å². The number of rotatable bonds is 1. The average molecular weight is 398 g/mol. The fraction of sp³-hybridized carbons (Fsp3) is 0.143. The van der Waals surface area contributed by atoms with Crippen molar-refractivity contribution < 1.29 is 21.8 Å². The maximum absolute atomic E-state index is 11.1. The fourth-order valence-electron chi connectivity index (χ4n) is 2.56. The molecule has 0 spiro atoms. The van der Waals surface area contributed by atoms with Gasteiger partial charge in [0.05, 0.1) is 27.8 Å². The zero-order chi connectivity index (χ0) is 19.1. The van der Waals surface area contributed by atoms with Crippen molar-refractivity contribution in [3.63, 3.8) is 0 Å². The van der Waals surface area contributed by atoms with Gasteiger partial charge in [-0.15, -0.1) is 0 Å². The third kappa shape index (κ3) is 3.86. The highest BCUT2D eigenvalue weighted by Crippen LogP contribution is 2.30. The van der Waals surface area contributed by atoms with E-state index in [0.29, 0.717) is 22.6 Å². The van der Waals surface area contributed by atoms with Crippen LogP contribution in [0.25, 0.3) is 0 Å². The lowest BCUT2D eigenvalue weighted by molar-refractivity contribution is -0.384. The van der Waals surface area contributed by atoms with Crippen LogP contribution in [0.15, 0.2) is 36.4 Å². The largest absolute Gasteiger partial charge is 0.399 e. The average Bonchev–Trinajstić information content (AvgIpc) is 2.98. The topological polar surface area (TPSA) is 162 Å². The first-order valence-electron chi connectivity index (χ1n) is 7.21. The van der Waals surface area contributed by atoms with E-state index in [-0.39, 0.29) is 17.2 Å². The van der Waals surface area contributed by atoms with Gasteiger partial charge in [-0.3, -0.25) is 19.6 Å². The molecule has 10 nitrogen and oxygen atoms in total. The Bertz CT molecular complexity index is 1110. The SMILES string of the molecule is Nc1ccc2c(c1)CS(=O)(=O)N2.O=[N+]([O-])c1ccc2c(c1)CS(=O)(=O)N2. The van der Waals surface area contributed by atoms with Gasteiger partial charge in [0.2, 0.25) is 20.0 Å². The van der Waals surface area contributed by atoms with E-state index in [9.17, 15) is 26.9 Å². The number of hydrogen-bond donors (Lipinski definition) is 3. The molecule has 0 saturated carbocycles. The molecule has 4 N–H and O–H groups in total. The van der Waals surface area contributed by atoms with Crippen LogP contribution in [0.3, 0.4) is 0 Å². The first-order chi connectivity index (χ1) is 12.0. The second kappa shape index (κ2) is 6.14. The summed E-state index contributed by atoms with van der Waals surface area (Å²) in [6.07, 6.45) is 0. The highest BCUT2D eigenvalue weighted by Gasteiger charge is 2.25. The molecule has 4 rings (SSSR count). The highest BCUT2D eigenvalue weighted by atomic mass is 32.2. The van der Waals surface area contributed by atoms with Gasteiger partial charge < -0.3 is 5.73 Å². The van der Waals surface area contributed by atoms with Crippen molar-refractivity contribution in [2.75, 3.05) is 15.2 Å². The summed E-state index contributed by atoms with van der Waals surface area (Å²) in [4.78, 5) is 9.85. The quantitative estimate of drug-likeness (QED) is 0.371. The van der Waals surface area contributed by atoms with Gasteiger partial charge in [-0.05, 0) is 35.4 Å². The molecule has 2 aromatic carbocycles.